The normalized spacial score (nSPS) is 11.4. The third kappa shape index (κ3) is 6.04. The quantitative estimate of drug-likeness (QED) is 0.264. The summed E-state index contributed by atoms with van der Waals surface area (Å²) in [6.07, 6.45) is 7.65. The lowest BCUT2D eigenvalue weighted by molar-refractivity contribution is 0.368. The predicted molar refractivity (Wildman–Crippen MR) is 128 cm³/mol. The zero-order chi connectivity index (χ0) is 20.6. The molecule has 0 amide bonds. The molecule has 0 aliphatic carbocycles. The van der Waals surface area contributed by atoms with E-state index in [9.17, 15) is 0 Å². The molecule has 0 saturated carbocycles. The predicted octanol–water partition coefficient (Wildman–Crippen LogP) is 3.95. The molecule has 0 atom stereocenters. The summed E-state index contributed by atoms with van der Waals surface area (Å²) in [7, 11) is 1.74. The Morgan fingerprint density at radius 1 is 1.17 bits per heavy atom. The third-order valence-corrected chi connectivity index (χ3v) is 4.98. The number of halogens is 1. The molecule has 3 aromatic rings. The number of hydrogen-bond acceptors (Lipinski definition) is 5. The molecule has 0 aliphatic rings. The number of aryl methyl sites for hydroxylation is 1. The number of pyridine rings is 1. The number of guanidine groups is 1. The van der Waals surface area contributed by atoms with Gasteiger partial charge >= 0.3 is 0 Å². The van der Waals surface area contributed by atoms with E-state index in [1.807, 2.05) is 42.1 Å². The van der Waals surface area contributed by atoms with Crippen molar-refractivity contribution in [3.63, 3.8) is 0 Å². The lowest BCUT2D eigenvalue weighted by atomic mass is 9.99. The van der Waals surface area contributed by atoms with Gasteiger partial charge in [0.2, 0.25) is 0 Å². The van der Waals surface area contributed by atoms with Crippen LogP contribution in [0.5, 0.6) is 0 Å². The summed E-state index contributed by atoms with van der Waals surface area (Å²) in [6.45, 7) is 7.44. The van der Waals surface area contributed by atoms with E-state index in [1.165, 1.54) is 0 Å². The Bertz CT molecular complexity index is 929. The molecule has 0 unspecified atom stereocenters. The van der Waals surface area contributed by atoms with Crippen LogP contribution < -0.4 is 10.6 Å². The van der Waals surface area contributed by atoms with Gasteiger partial charge in [0.05, 0.1) is 12.2 Å². The van der Waals surface area contributed by atoms with E-state index < -0.39 is 0 Å². The maximum absolute atomic E-state index is 5.45. The van der Waals surface area contributed by atoms with Crippen LogP contribution in [-0.4, -0.2) is 32.7 Å². The van der Waals surface area contributed by atoms with Crippen molar-refractivity contribution in [3.8, 4) is 5.82 Å². The van der Waals surface area contributed by atoms with Gasteiger partial charge in [-0.05, 0) is 31.4 Å². The van der Waals surface area contributed by atoms with E-state index >= 15 is 0 Å². The summed E-state index contributed by atoms with van der Waals surface area (Å²) in [5.74, 6) is 3.71. The monoisotopic (exact) mass is 523 g/mol. The van der Waals surface area contributed by atoms with Crippen LogP contribution in [0.3, 0.4) is 0 Å². The van der Waals surface area contributed by atoms with Crippen LogP contribution in [0.15, 0.2) is 46.3 Å². The minimum atomic E-state index is 0. The average Bonchev–Trinajstić information content (AvgIpc) is 3.39. The molecular formula is C21H30IN7O. The minimum Gasteiger partial charge on any atom is -0.359 e. The molecule has 0 fully saturated rings. The van der Waals surface area contributed by atoms with E-state index in [4.69, 9.17) is 4.52 Å². The Hall–Kier alpha value is -2.43. The summed E-state index contributed by atoms with van der Waals surface area (Å²) in [4.78, 5) is 13.0. The molecule has 162 valence electrons. The molecule has 0 saturated heterocycles. The highest BCUT2D eigenvalue weighted by molar-refractivity contribution is 14.0. The smallest absolute Gasteiger partial charge is 0.191 e. The average molecular weight is 523 g/mol. The van der Waals surface area contributed by atoms with Crippen molar-refractivity contribution in [2.45, 2.75) is 52.6 Å². The Morgan fingerprint density at radius 3 is 2.53 bits per heavy atom. The Labute approximate surface area is 194 Å². The molecule has 0 bridgehead atoms. The first-order chi connectivity index (χ1) is 14.1. The number of hydrogen-bond donors (Lipinski definition) is 2. The number of nitrogens with one attached hydrogen (secondary N) is 2. The van der Waals surface area contributed by atoms with Crippen molar-refractivity contribution < 1.29 is 4.52 Å². The molecule has 2 N–H and O–H groups in total. The van der Waals surface area contributed by atoms with E-state index in [0.29, 0.717) is 25.0 Å². The minimum absolute atomic E-state index is 0. The fourth-order valence-electron chi connectivity index (χ4n) is 3.17. The molecule has 3 aromatic heterocycles. The standard InChI is InChI=1S/C21H29N7O.HI/c1-5-17(6-2)19-11-18(29-27-19)14-26-21(22-4)25-13-16-7-8-20(24-12-16)28-10-9-23-15(28)3;/h7-12,17H,5-6,13-14H2,1-4H3,(H2,22,25,26);1H. The summed E-state index contributed by atoms with van der Waals surface area (Å²) < 4.78 is 7.40. The first-order valence-electron chi connectivity index (χ1n) is 9.99. The van der Waals surface area contributed by atoms with Crippen LogP contribution in [0, 0.1) is 6.92 Å². The maximum Gasteiger partial charge on any atom is 0.191 e. The third-order valence-electron chi connectivity index (χ3n) is 4.98. The Balaban J connectivity index is 0.00000320. The van der Waals surface area contributed by atoms with Gasteiger partial charge in [-0.2, -0.15) is 0 Å². The molecule has 3 rings (SSSR count). The maximum atomic E-state index is 5.45. The summed E-state index contributed by atoms with van der Waals surface area (Å²) >= 11 is 0. The van der Waals surface area contributed by atoms with Gasteiger partial charge in [-0.1, -0.05) is 25.1 Å². The van der Waals surface area contributed by atoms with Gasteiger partial charge in [-0.25, -0.2) is 9.97 Å². The van der Waals surface area contributed by atoms with Crippen molar-refractivity contribution in [1.29, 1.82) is 0 Å². The SMILES string of the molecule is CCC(CC)c1cc(CNC(=NC)NCc2ccc(-n3ccnc3C)nc2)on1.I. The molecule has 0 aromatic carbocycles. The largest absolute Gasteiger partial charge is 0.359 e. The highest BCUT2D eigenvalue weighted by atomic mass is 127. The second-order valence-corrected chi connectivity index (χ2v) is 6.88. The van der Waals surface area contributed by atoms with Crippen molar-refractivity contribution >= 4 is 29.9 Å². The fourth-order valence-corrected chi connectivity index (χ4v) is 3.17. The zero-order valence-electron chi connectivity index (χ0n) is 17.9. The highest BCUT2D eigenvalue weighted by Crippen LogP contribution is 2.22. The van der Waals surface area contributed by atoms with Gasteiger partial charge in [0, 0.05) is 44.2 Å². The molecule has 0 aliphatic heterocycles. The van der Waals surface area contributed by atoms with Gasteiger partial charge < -0.3 is 15.2 Å². The lowest BCUT2D eigenvalue weighted by Crippen LogP contribution is -2.36. The summed E-state index contributed by atoms with van der Waals surface area (Å²) in [5.41, 5.74) is 2.08. The second kappa shape index (κ2) is 11.7. The first kappa shape index (κ1) is 23.8. The van der Waals surface area contributed by atoms with E-state index in [1.54, 1.807) is 13.2 Å². The van der Waals surface area contributed by atoms with Gasteiger partial charge in [0.1, 0.15) is 11.6 Å². The second-order valence-electron chi connectivity index (χ2n) is 6.88. The van der Waals surface area contributed by atoms with Crippen molar-refractivity contribution in [1.82, 2.24) is 30.3 Å². The van der Waals surface area contributed by atoms with Crippen molar-refractivity contribution in [2.75, 3.05) is 7.05 Å². The van der Waals surface area contributed by atoms with Crippen LogP contribution in [0.25, 0.3) is 5.82 Å². The lowest BCUT2D eigenvalue weighted by Gasteiger charge is -2.11. The Morgan fingerprint density at radius 2 is 1.93 bits per heavy atom. The zero-order valence-corrected chi connectivity index (χ0v) is 20.3. The number of rotatable bonds is 8. The van der Waals surface area contributed by atoms with Crippen molar-refractivity contribution in [2.24, 2.45) is 4.99 Å². The van der Waals surface area contributed by atoms with E-state index in [2.05, 4.69) is 44.6 Å². The van der Waals surface area contributed by atoms with Crippen LogP contribution in [0.2, 0.25) is 0 Å². The summed E-state index contributed by atoms with van der Waals surface area (Å²) in [6, 6.07) is 6.05. The van der Waals surface area contributed by atoms with E-state index in [0.717, 1.165) is 41.5 Å². The van der Waals surface area contributed by atoms with Crippen LogP contribution in [-0.2, 0) is 13.1 Å². The molecule has 8 nitrogen and oxygen atoms in total. The molecule has 30 heavy (non-hydrogen) atoms. The molecule has 9 heteroatoms. The number of imidazole rings is 1. The van der Waals surface area contributed by atoms with Crippen LogP contribution >= 0.6 is 24.0 Å². The number of nitrogens with zero attached hydrogens (tertiary/aromatic N) is 5. The first-order valence-corrected chi connectivity index (χ1v) is 9.99. The van der Waals surface area contributed by atoms with E-state index in [-0.39, 0.29) is 24.0 Å². The van der Waals surface area contributed by atoms with Crippen LogP contribution in [0.1, 0.15) is 55.4 Å². The van der Waals surface area contributed by atoms with Crippen LogP contribution in [0.4, 0.5) is 0 Å². The van der Waals surface area contributed by atoms with Gasteiger partial charge in [0.15, 0.2) is 11.7 Å². The topological polar surface area (TPSA) is 93.2 Å². The number of aliphatic imine (C=N–C) groups is 1. The van der Waals surface area contributed by atoms with Gasteiger partial charge in [-0.3, -0.25) is 9.56 Å². The van der Waals surface area contributed by atoms with Crippen molar-refractivity contribution in [3.05, 3.63) is 59.6 Å². The highest BCUT2D eigenvalue weighted by Gasteiger charge is 2.13. The molecule has 0 spiro atoms. The number of aromatic nitrogens is 4. The molecule has 3 heterocycles. The summed E-state index contributed by atoms with van der Waals surface area (Å²) in [5, 5.41) is 10.7. The fraction of sp³-hybridized carbons (Fsp3) is 0.429. The molecule has 0 radical (unpaired) electrons. The van der Waals surface area contributed by atoms with Gasteiger partial charge in [0.25, 0.3) is 0 Å². The van der Waals surface area contributed by atoms with Gasteiger partial charge in [-0.15, -0.1) is 24.0 Å². The Kier molecular flexibility index (Phi) is 9.28. The molecular weight excluding hydrogens is 493 g/mol.